The van der Waals surface area contributed by atoms with E-state index in [0.29, 0.717) is 5.56 Å². The molecule has 1 aliphatic rings. The predicted molar refractivity (Wildman–Crippen MR) is 93.0 cm³/mol. The Bertz CT molecular complexity index is 928. The smallest absolute Gasteiger partial charge is 0.421 e. The number of rotatable bonds is 1. The molecule has 0 aliphatic carbocycles. The number of anilines is 1. The molecule has 6 heteroatoms. The zero-order valence-corrected chi connectivity index (χ0v) is 14.6. The molecule has 2 aromatic rings. The molecule has 0 saturated carbocycles. The maximum Gasteiger partial charge on any atom is 0.421 e. The second-order valence-corrected chi connectivity index (χ2v) is 7.01. The summed E-state index contributed by atoms with van der Waals surface area (Å²) in [4.78, 5) is 26.7. The van der Waals surface area contributed by atoms with Gasteiger partial charge in [-0.25, -0.2) is 14.1 Å². The first kappa shape index (κ1) is 17.6. The average molecular weight is 352 g/mol. The number of fused-ring (bicyclic) bond motifs is 1. The Morgan fingerprint density at radius 2 is 1.85 bits per heavy atom. The minimum Gasteiger partial charge on any atom is -0.443 e. The third kappa shape index (κ3) is 2.62. The molecule has 0 N–H and O–H groups in total. The molecule has 132 valence electrons. The number of ether oxygens (including phenoxy) is 1. The number of amides is 2. The molecule has 5 nitrogen and oxygen atoms in total. The summed E-state index contributed by atoms with van der Waals surface area (Å²) in [6.45, 7) is 5.02. The van der Waals surface area contributed by atoms with E-state index >= 15 is 0 Å². The molecular formula is C20H17FN2O3. The lowest BCUT2D eigenvalue weighted by atomic mass is 9.76. The molecule has 0 bridgehead atoms. The van der Waals surface area contributed by atoms with E-state index in [1.165, 1.54) is 6.07 Å². The first-order valence-corrected chi connectivity index (χ1v) is 8.05. The van der Waals surface area contributed by atoms with E-state index < -0.39 is 28.8 Å². The molecule has 0 aromatic heterocycles. The summed E-state index contributed by atoms with van der Waals surface area (Å²) in [5.41, 5.74) is -2.00. The van der Waals surface area contributed by atoms with Crippen molar-refractivity contribution in [2.45, 2.75) is 31.8 Å². The molecule has 0 saturated heterocycles. The Balaban J connectivity index is 2.24. The fourth-order valence-corrected chi connectivity index (χ4v) is 3.02. The van der Waals surface area contributed by atoms with Gasteiger partial charge in [0, 0.05) is 5.56 Å². The fraction of sp³-hybridized carbons (Fsp3) is 0.250. The SMILES string of the molecule is CC(C)(C)OC(=O)N1C(=O)[C@](C#N)(c2ccccc2)c2cc(F)ccc21. The Labute approximate surface area is 150 Å². The minimum absolute atomic E-state index is 0.127. The van der Waals surface area contributed by atoms with Gasteiger partial charge in [0.05, 0.1) is 11.8 Å². The number of halogens is 1. The van der Waals surface area contributed by atoms with Crippen LogP contribution in [-0.4, -0.2) is 17.6 Å². The summed E-state index contributed by atoms with van der Waals surface area (Å²) in [6.07, 6.45) is -0.900. The van der Waals surface area contributed by atoms with E-state index in [1.807, 2.05) is 6.07 Å². The Kier molecular flexibility index (Phi) is 4.03. The highest BCUT2D eigenvalue weighted by Gasteiger charge is 2.56. The summed E-state index contributed by atoms with van der Waals surface area (Å²) in [5.74, 6) is -1.38. The van der Waals surface area contributed by atoms with Crippen LogP contribution in [0, 0.1) is 17.1 Å². The van der Waals surface area contributed by atoms with Gasteiger partial charge in [-0.15, -0.1) is 0 Å². The van der Waals surface area contributed by atoms with Crippen LogP contribution in [0.15, 0.2) is 48.5 Å². The topological polar surface area (TPSA) is 70.4 Å². The summed E-state index contributed by atoms with van der Waals surface area (Å²) >= 11 is 0. The van der Waals surface area contributed by atoms with Crippen molar-refractivity contribution in [3.8, 4) is 6.07 Å². The van der Waals surface area contributed by atoms with E-state index in [1.54, 1.807) is 51.1 Å². The number of hydrogen-bond donors (Lipinski definition) is 0. The van der Waals surface area contributed by atoms with E-state index in [-0.39, 0.29) is 11.3 Å². The lowest BCUT2D eigenvalue weighted by molar-refractivity contribution is -0.120. The molecule has 1 heterocycles. The molecule has 2 amide bonds. The number of hydrogen-bond acceptors (Lipinski definition) is 4. The van der Waals surface area contributed by atoms with Crippen molar-refractivity contribution in [1.29, 1.82) is 5.26 Å². The highest BCUT2D eigenvalue weighted by molar-refractivity contribution is 6.23. The van der Waals surface area contributed by atoms with Gasteiger partial charge in [-0.05, 0) is 44.5 Å². The third-order valence-corrected chi connectivity index (χ3v) is 4.08. The standard InChI is InChI=1S/C20H17FN2O3/c1-19(2,3)26-18(25)23-16-10-9-14(21)11-15(16)20(12-22,17(23)24)13-7-5-4-6-8-13/h4-11H,1-3H3/t20-/m1/s1. The molecule has 0 radical (unpaired) electrons. The first-order chi connectivity index (χ1) is 12.2. The van der Waals surface area contributed by atoms with Crippen molar-refractivity contribution in [1.82, 2.24) is 0 Å². The number of nitrogens with zero attached hydrogens (tertiary/aromatic N) is 2. The first-order valence-electron chi connectivity index (χ1n) is 8.05. The second-order valence-electron chi connectivity index (χ2n) is 7.01. The lowest BCUT2D eigenvalue weighted by Crippen LogP contribution is -2.45. The van der Waals surface area contributed by atoms with Crippen LogP contribution in [0.1, 0.15) is 31.9 Å². The van der Waals surface area contributed by atoms with Crippen molar-refractivity contribution in [3.63, 3.8) is 0 Å². The molecule has 0 unspecified atom stereocenters. The molecular weight excluding hydrogens is 335 g/mol. The van der Waals surface area contributed by atoms with E-state index in [2.05, 4.69) is 0 Å². The zero-order chi connectivity index (χ0) is 19.1. The van der Waals surface area contributed by atoms with Gasteiger partial charge in [-0.3, -0.25) is 4.79 Å². The molecule has 1 aliphatic heterocycles. The van der Waals surface area contributed by atoms with Crippen molar-refractivity contribution in [2.75, 3.05) is 4.90 Å². The summed E-state index contributed by atoms with van der Waals surface area (Å²) < 4.78 is 19.2. The van der Waals surface area contributed by atoms with Gasteiger partial charge < -0.3 is 4.74 Å². The van der Waals surface area contributed by atoms with Crippen molar-refractivity contribution in [2.24, 2.45) is 0 Å². The van der Waals surface area contributed by atoms with Gasteiger partial charge in [-0.2, -0.15) is 5.26 Å². The predicted octanol–water partition coefficient (Wildman–Crippen LogP) is 3.92. The largest absolute Gasteiger partial charge is 0.443 e. The highest BCUT2D eigenvalue weighted by Crippen LogP contribution is 2.46. The molecule has 1 atom stereocenters. The maximum atomic E-state index is 13.9. The molecule has 0 fully saturated rings. The Hall–Kier alpha value is -3.20. The van der Waals surface area contributed by atoms with Gasteiger partial charge in [0.25, 0.3) is 5.91 Å². The van der Waals surface area contributed by atoms with Gasteiger partial charge in [0.15, 0.2) is 5.41 Å². The monoisotopic (exact) mass is 352 g/mol. The van der Waals surface area contributed by atoms with Crippen LogP contribution >= 0.6 is 0 Å². The van der Waals surface area contributed by atoms with Gasteiger partial charge in [-0.1, -0.05) is 30.3 Å². The van der Waals surface area contributed by atoms with Gasteiger partial charge in [0.1, 0.15) is 11.4 Å². The summed E-state index contributed by atoms with van der Waals surface area (Å²) in [6, 6.07) is 13.9. The van der Waals surface area contributed by atoms with Crippen LogP contribution in [0.25, 0.3) is 0 Å². The summed E-state index contributed by atoms with van der Waals surface area (Å²) in [5, 5.41) is 9.94. The lowest BCUT2D eigenvalue weighted by Gasteiger charge is -2.25. The normalized spacial score (nSPS) is 19.0. The molecule has 2 aromatic carbocycles. The minimum atomic E-state index is -1.81. The number of carbonyl (C=O) groups is 2. The Morgan fingerprint density at radius 1 is 1.19 bits per heavy atom. The van der Waals surface area contributed by atoms with E-state index in [9.17, 15) is 19.2 Å². The third-order valence-electron chi connectivity index (χ3n) is 4.08. The Morgan fingerprint density at radius 3 is 2.42 bits per heavy atom. The quantitative estimate of drug-likeness (QED) is 0.780. The van der Waals surface area contributed by atoms with Crippen LogP contribution in [0.3, 0.4) is 0 Å². The molecule has 3 rings (SSSR count). The second kappa shape index (κ2) is 5.95. The van der Waals surface area contributed by atoms with Crippen LogP contribution in [0.5, 0.6) is 0 Å². The van der Waals surface area contributed by atoms with Crippen molar-refractivity contribution >= 4 is 17.7 Å². The van der Waals surface area contributed by atoms with Crippen molar-refractivity contribution in [3.05, 3.63) is 65.5 Å². The average Bonchev–Trinajstić information content (AvgIpc) is 2.82. The number of nitriles is 1. The van der Waals surface area contributed by atoms with E-state index in [4.69, 9.17) is 4.74 Å². The van der Waals surface area contributed by atoms with Crippen LogP contribution in [0.2, 0.25) is 0 Å². The van der Waals surface area contributed by atoms with Crippen molar-refractivity contribution < 1.29 is 18.7 Å². The van der Waals surface area contributed by atoms with Crippen LogP contribution in [0.4, 0.5) is 14.9 Å². The number of imide groups is 1. The fourth-order valence-electron chi connectivity index (χ4n) is 3.02. The zero-order valence-electron chi connectivity index (χ0n) is 14.6. The highest BCUT2D eigenvalue weighted by atomic mass is 19.1. The van der Waals surface area contributed by atoms with E-state index in [0.717, 1.165) is 17.0 Å². The van der Waals surface area contributed by atoms with Crippen LogP contribution in [-0.2, 0) is 14.9 Å². The van der Waals surface area contributed by atoms with Gasteiger partial charge in [0.2, 0.25) is 0 Å². The molecule has 26 heavy (non-hydrogen) atoms. The number of benzene rings is 2. The molecule has 0 spiro atoms. The van der Waals surface area contributed by atoms with Crippen LogP contribution < -0.4 is 4.90 Å². The number of carbonyl (C=O) groups excluding carboxylic acids is 2. The maximum absolute atomic E-state index is 13.9. The van der Waals surface area contributed by atoms with Gasteiger partial charge >= 0.3 is 6.09 Å². The summed E-state index contributed by atoms with van der Waals surface area (Å²) in [7, 11) is 0.